The number of ether oxygens (including phenoxy) is 1. The zero-order valence-corrected chi connectivity index (χ0v) is 15.9. The van der Waals surface area contributed by atoms with E-state index in [2.05, 4.69) is 9.97 Å². The Hall–Kier alpha value is -2.73. The van der Waals surface area contributed by atoms with Gasteiger partial charge in [-0.15, -0.1) is 11.3 Å². The highest BCUT2D eigenvalue weighted by atomic mass is 32.2. The van der Waals surface area contributed by atoms with Crippen LogP contribution in [0.4, 0.5) is 18.9 Å². The first kappa shape index (κ1) is 20.0. The quantitative estimate of drug-likeness (QED) is 0.601. The molecule has 3 rings (SSSR count). The van der Waals surface area contributed by atoms with Crippen LogP contribution in [0.5, 0.6) is 5.88 Å². The number of amides is 1. The SMILES string of the molecule is CS(=O)c1nc(OCc2ccc(C(F)(F)F)cc2)c2c(N)c(C(N)=O)sc2n1. The van der Waals surface area contributed by atoms with Crippen LogP contribution in [-0.2, 0) is 23.6 Å². The summed E-state index contributed by atoms with van der Waals surface area (Å²) in [7, 11) is -1.54. The Morgan fingerprint density at radius 3 is 2.43 bits per heavy atom. The van der Waals surface area contributed by atoms with Crippen molar-refractivity contribution in [3.8, 4) is 5.88 Å². The van der Waals surface area contributed by atoms with Crippen LogP contribution < -0.4 is 16.2 Å². The first-order valence-electron chi connectivity index (χ1n) is 7.60. The van der Waals surface area contributed by atoms with E-state index in [0.717, 1.165) is 23.5 Å². The monoisotopic (exact) mass is 430 g/mol. The van der Waals surface area contributed by atoms with E-state index < -0.39 is 28.4 Å². The van der Waals surface area contributed by atoms with Crippen molar-refractivity contribution in [3.63, 3.8) is 0 Å². The highest BCUT2D eigenvalue weighted by Crippen LogP contribution is 2.38. The molecular weight excluding hydrogens is 417 g/mol. The largest absolute Gasteiger partial charge is 0.472 e. The highest BCUT2D eigenvalue weighted by molar-refractivity contribution is 7.84. The molecule has 3 aromatic rings. The summed E-state index contributed by atoms with van der Waals surface area (Å²) in [6.07, 6.45) is -3.07. The number of anilines is 1. The highest BCUT2D eigenvalue weighted by Gasteiger charge is 2.30. The fraction of sp³-hybridized carbons (Fsp3) is 0.188. The summed E-state index contributed by atoms with van der Waals surface area (Å²) < 4.78 is 55.3. The number of nitrogens with two attached hydrogens (primary N) is 2. The lowest BCUT2D eigenvalue weighted by atomic mass is 10.1. The molecule has 2 aromatic heterocycles. The van der Waals surface area contributed by atoms with Gasteiger partial charge >= 0.3 is 6.18 Å². The second-order valence-corrected chi connectivity index (χ2v) is 7.91. The van der Waals surface area contributed by atoms with Crippen LogP contribution in [0.15, 0.2) is 29.4 Å². The van der Waals surface area contributed by atoms with Crippen molar-refractivity contribution in [3.05, 3.63) is 40.3 Å². The molecule has 0 saturated carbocycles. The Kier molecular flexibility index (Phi) is 5.26. The second-order valence-electron chi connectivity index (χ2n) is 5.64. The van der Waals surface area contributed by atoms with Crippen molar-refractivity contribution >= 4 is 43.9 Å². The number of carbonyl (C=O) groups excluding carboxylic acids is 1. The average molecular weight is 430 g/mol. The maximum atomic E-state index is 12.6. The summed E-state index contributed by atoms with van der Waals surface area (Å²) in [5.74, 6) is -0.787. The van der Waals surface area contributed by atoms with Crippen LogP contribution in [0.3, 0.4) is 0 Å². The van der Waals surface area contributed by atoms with E-state index in [1.165, 1.54) is 18.4 Å². The Labute approximate surface area is 163 Å². The third-order valence-electron chi connectivity index (χ3n) is 3.67. The molecule has 1 aromatic carbocycles. The minimum absolute atomic E-state index is 0.0309. The van der Waals surface area contributed by atoms with Crippen molar-refractivity contribution in [2.75, 3.05) is 12.0 Å². The molecule has 1 amide bonds. The predicted molar refractivity (Wildman–Crippen MR) is 98.5 cm³/mol. The first-order valence-corrected chi connectivity index (χ1v) is 9.97. The van der Waals surface area contributed by atoms with Gasteiger partial charge in [-0.3, -0.25) is 9.00 Å². The lowest BCUT2D eigenvalue weighted by Gasteiger charge is -2.10. The van der Waals surface area contributed by atoms with E-state index in [9.17, 15) is 22.2 Å². The van der Waals surface area contributed by atoms with Crippen molar-refractivity contribution in [1.82, 2.24) is 9.97 Å². The Morgan fingerprint density at radius 1 is 1.25 bits per heavy atom. The van der Waals surface area contributed by atoms with E-state index in [1.807, 2.05) is 0 Å². The van der Waals surface area contributed by atoms with Crippen molar-refractivity contribution in [2.45, 2.75) is 17.9 Å². The van der Waals surface area contributed by atoms with Gasteiger partial charge in [0.05, 0.1) is 27.4 Å². The molecular formula is C16H13F3N4O3S2. The van der Waals surface area contributed by atoms with Gasteiger partial charge in [0, 0.05) is 6.26 Å². The average Bonchev–Trinajstić information content (AvgIpc) is 2.96. The number of hydrogen-bond donors (Lipinski definition) is 2. The van der Waals surface area contributed by atoms with Crippen LogP contribution in [0.2, 0.25) is 0 Å². The maximum Gasteiger partial charge on any atom is 0.416 e. The van der Waals surface area contributed by atoms with E-state index in [1.54, 1.807) is 0 Å². The number of thiophene rings is 1. The number of hydrogen-bond acceptors (Lipinski definition) is 7. The number of benzene rings is 1. The summed E-state index contributed by atoms with van der Waals surface area (Å²) in [5.41, 5.74) is 10.9. The molecule has 148 valence electrons. The molecule has 0 aliphatic carbocycles. The topological polar surface area (TPSA) is 121 Å². The number of halogens is 3. The lowest BCUT2D eigenvalue weighted by molar-refractivity contribution is -0.137. The van der Waals surface area contributed by atoms with Crippen LogP contribution in [0.1, 0.15) is 20.8 Å². The number of primary amides is 1. The molecule has 7 nitrogen and oxygen atoms in total. The summed E-state index contributed by atoms with van der Waals surface area (Å²) in [6.45, 7) is -0.124. The number of fused-ring (bicyclic) bond motifs is 1. The number of nitrogen functional groups attached to an aromatic ring is 1. The van der Waals surface area contributed by atoms with E-state index in [0.29, 0.717) is 5.56 Å². The predicted octanol–water partition coefficient (Wildman–Crippen LogP) is 2.71. The number of aromatic nitrogens is 2. The van der Waals surface area contributed by atoms with Gasteiger partial charge in [-0.2, -0.15) is 18.2 Å². The Bertz CT molecular complexity index is 1080. The molecule has 1 atom stereocenters. The van der Waals surface area contributed by atoms with Crippen LogP contribution >= 0.6 is 11.3 Å². The maximum absolute atomic E-state index is 12.6. The number of rotatable bonds is 5. The van der Waals surface area contributed by atoms with Crippen molar-refractivity contribution in [2.24, 2.45) is 5.73 Å². The molecule has 2 heterocycles. The molecule has 0 aliphatic heterocycles. The molecule has 0 bridgehead atoms. The number of alkyl halides is 3. The third-order valence-corrected chi connectivity index (χ3v) is 5.48. The minimum Gasteiger partial charge on any atom is -0.472 e. The van der Waals surface area contributed by atoms with Crippen LogP contribution in [0.25, 0.3) is 10.2 Å². The van der Waals surface area contributed by atoms with Gasteiger partial charge in [0.15, 0.2) is 0 Å². The minimum atomic E-state index is -4.44. The summed E-state index contributed by atoms with van der Waals surface area (Å²) >= 11 is 0.914. The van der Waals surface area contributed by atoms with Crippen LogP contribution in [0, 0.1) is 0 Å². The summed E-state index contributed by atoms with van der Waals surface area (Å²) in [6, 6.07) is 4.41. The van der Waals surface area contributed by atoms with E-state index >= 15 is 0 Å². The molecule has 0 spiro atoms. The fourth-order valence-electron chi connectivity index (χ4n) is 2.33. The molecule has 28 heavy (non-hydrogen) atoms. The molecule has 12 heteroatoms. The van der Waals surface area contributed by atoms with Gasteiger partial charge in [-0.05, 0) is 17.7 Å². The number of carbonyl (C=O) groups is 1. The molecule has 0 aliphatic rings. The van der Waals surface area contributed by atoms with Gasteiger partial charge in [0.2, 0.25) is 11.0 Å². The van der Waals surface area contributed by atoms with Crippen molar-refractivity contribution < 1.29 is 26.9 Å². The van der Waals surface area contributed by atoms with Crippen LogP contribution in [-0.4, -0.2) is 26.3 Å². The zero-order valence-electron chi connectivity index (χ0n) is 14.2. The number of nitrogens with zero attached hydrogens (tertiary/aromatic N) is 2. The van der Waals surface area contributed by atoms with Gasteiger partial charge < -0.3 is 16.2 Å². The van der Waals surface area contributed by atoms with Gasteiger partial charge in [0.1, 0.15) is 16.3 Å². The van der Waals surface area contributed by atoms with Crippen molar-refractivity contribution in [1.29, 1.82) is 0 Å². The van der Waals surface area contributed by atoms with Gasteiger partial charge in [-0.25, -0.2) is 4.98 Å². The zero-order chi connectivity index (χ0) is 20.6. The van der Waals surface area contributed by atoms with E-state index in [-0.39, 0.29) is 38.4 Å². The summed E-state index contributed by atoms with van der Waals surface area (Å²) in [5, 5.41) is 0.201. The lowest BCUT2D eigenvalue weighted by Crippen LogP contribution is -2.10. The first-order chi connectivity index (χ1) is 13.1. The molecule has 4 N–H and O–H groups in total. The fourth-order valence-corrected chi connectivity index (χ4v) is 3.76. The molecule has 1 unspecified atom stereocenters. The normalized spacial score (nSPS) is 12.9. The van der Waals surface area contributed by atoms with Gasteiger partial charge in [0.25, 0.3) is 5.91 Å². The summed E-state index contributed by atoms with van der Waals surface area (Å²) in [4.78, 5) is 20.0. The van der Waals surface area contributed by atoms with Gasteiger partial charge in [-0.1, -0.05) is 12.1 Å². The Morgan fingerprint density at radius 2 is 1.89 bits per heavy atom. The second kappa shape index (κ2) is 7.36. The molecule has 0 saturated heterocycles. The third kappa shape index (κ3) is 3.92. The molecule has 0 fully saturated rings. The smallest absolute Gasteiger partial charge is 0.416 e. The Balaban J connectivity index is 1.97. The molecule has 0 radical (unpaired) electrons. The van der Waals surface area contributed by atoms with E-state index in [4.69, 9.17) is 16.2 Å². The standard InChI is InChI=1S/C16H13F3N4O3S2/c1-28(25)15-22-13(9-10(20)11(12(21)24)27-14(9)23-15)26-6-7-2-4-8(5-3-7)16(17,18)19/h2-5H,6,20H2,1H3,(H2,21,24).